The van der Waals surface area contributed by atoms with Gasteiger partial charge < -0.3 is 0 Å². The topological polar surface area (TPSA) is 12.4 Å². The molecule has 1 saturated carbocycles. The smallest absolute Gasteiger partial charge is 0.139 e. The molecule has 27 heavy (non-hydrogen) atoms. The van der Waals surface area contributed by atoms with E-state index in [2.05, 4.69) is 40.3 Å². The van der Waals surface area contributed by atoms with Gasteiger partial charge in [0.05, 0.1) is 21.3 Å². The molecule has 0 N–H and O–H groups in total. The van der Waals surface area contributed by atoms with Crippen LogP contribution >= 0.6 is 23.6 Å². The fourth-order valence-electron chi connectivity index (χ4n) is 2.77. The predicted octanol–water partition coefficient (Wildman–Crippen LogP) is 6.70. The molecule has 1 aliphatic rings. The van der Waals surface area contributed by atoms with Crippen molar-refractivity contribution in [1.29, 1.82) is 0 Å². The maximum atomic E-state index is 14.5. The molecule has 1 aliphatic carbocycles. The van der Waals surface area contributed by atoms with Crippen molar-refractivity contribution in [3.63, 3.8) is 0 Å². The van der Waals surface area contributed by atoms with E-state index in [1.54, 1.807) is 35.6 Å². The van der Waals surface area contributed by atoms with E-state index in [1.807, 2.05) is 6.07 Å². The summed E-state index contributed by atoms with van der Waals surface area (Å²) in [7, 11) is 0. The third kappa shape index (κ3) is 4.04. The van der Waals surface area contributed by atoms with Crippen LogP contribution < -0.4 is 0 Å². The zero-order chi connectivity index (χ0) is 18.8. The van der Waals surface area contributed by atoms with Gasteiger partial charge in [0.25, 0.3) is 0 Å². The van der Waals surface area contributed by atoms with Crippen molar-refractivity contribution in [2.45, 2.75) is 18.8 Å². The highest BCUT2D eigenvalue weighted by atomic mass is 32.1. The van der Waals surface area contributed by atoms with E-state index < -0.39 is 11.6 Å². The Kier molecular flexibility index (Phi) is 4.96. The van der Waals surface area contributed by atoms with Gasteiger partial charge in [-0.2, -0.15) is 4.99 Å². The van der Waals surface area contributed by atoms with Crippen LogP contribution in [-0.2, 0) is 0 Å². The minimum absolute atomic E-state index is 0.0551. The molecule has 0 spiro atoms. The van der Waals surface area contributed by atoms with E-state index in [0.29, 0.717) is 17.2 Å². The molecule has 0 unspecified atom stereocenters. The van der Waals surface area contributed by atoms with Crippen LogP contribution in [0.25, 0.3) is 11.1 Å². The lowest BCUT2D eigenvalue weighted by atomic mass is 10.0. The summed E-state index contributed by atoms with van der Waals surface area (Å²) in [6, 6.07) is 13.0. The van der Waals surface area contributed by atoms with Gasteiger partial charge in [-0.3, -0.25) is 0 Å². The largest absolute Gasteiger partial charge is 0.206 e. The highest BCUT2D eigenvalue weighted by molar-refractivity contribution is 7.78. The second kappa shape index (κ2) is 7.54. The summed E-state index contributed by atoms with van der Waals surface area (Å²) in [5, 5.41) is 2.27. The normalized spacial score (nSPS) is 12.8. The van der Waals surface area contributed by atoms with E-state index in [4.69, 9.17) is 0 Å². The maximum absolute atomic E-state index is 14.5. The Labute approximate surface area is 165 Å². The average molecular weight is 393 g/mol. The quantitative estimate of drug-likeness (QED) is 0.274. The summed E-state index contributed by atoms with van der Waals surface area (Å²) in [4.78, 5) is 6.04. The molecule has 1 fully saturated rings. The number of rotatable bonds is 3. The Hall–Kier alpha value is -2.64. The van der Waals surface area contributed by atoms with Gasteiger partial charge in [-0.1, -0.05) is 24.0 Å². The van der Waals surface area contributed by atoms with Crippen LogP contribution in [0.1, 0.15) is 34.1 Å². The standard InChI is InChI=1S/C22H13F2NS2/c23-20-12-19(14-3-6-17(7-4-14)25-13-26)21(24)11-16(20)5-8-18-9-10-22(27-18)15-1-2-15/h3-4,6-7,9-12,15H,1-2H2. The Bertz CT molecular complexity index is 1110. The predicted molar refractivity (Wildman–Crippen MR) is 109 cm³/mol. The lowest BCUT2D eigenvalue weighted by molar-refractivity contribution is 0.600. The zero-order valence-corrected chi connectivity index (χ0v) is 15.8. The Morgan fingerprint density at radius 2 is 1.74 bits per heavy atom. The molecule has 1 aromatic heterocycles. The van der Waals surface area contributed by atoms with Crippen LogP contribution in [0.4, 0.5) is 14.5 Å². The van der Waals surface area contributed by atoms with Crippen molar-refractivity contribution in [3.8, 4) is 23.0 Å². The summed E-state index contributed by atoms with van der Waals surface area (Å²) in [6.45, 7) is 0. The molecule has 0 radical (unpaired) electrons. The fraction of sp³-hybridized carbons (Fsp3) is 0.136. The highest BCUT2D eigenvalue weighted by Gasteiger charge is 2.24. The van der Waals surface area contributed by atoms with Crippen molar-refractivity contribution in [2.24, 2.45) is 4.99 Å². The number of halogens is 2. The number of thiocarbonyl (C=S) groups is 1. The second-order valence-electron chi connectivity index (χ2n) is 6.29. The molecule has 0 bridgehead atoms. The molecule has 0 aliphatic heterocycles. The summed E-state index contributed by atoms with van der Waals surface area (Å²) < 4.78 is 29.0. The third-order valence-electron chi connectivity index (χ3n) is 4.34. The van der Waals surface area contributed by atoms with Gasteiger partial charge in [0.2, 0.25) is 0 Å². The fourth-order valence-corrected chi connectivity index (χ4v) is 3.90. The number of aliphatic imine (C=N–C) groups is 1. The van der Waals surface area contributed by atoms with Gasteiger partial charge in [0.1, 0.15) is 11.6 Å². The number of nitrogens with zero attached hydrogens (tertiary/aromatic N) is 1. The van der Waals surface area contributed by atoms with Crippen LogP contribution in [0.3, 0.4) is 0 Å². The first-order chi connectivity index (χ1) is 13.1. The highest BCUT2D eigenvalue weighted by Crippen LogP contribution is 2.43. The first-order valence-electron chi connectivity index (χ1n) is 8.43. The molecular weight excluding hydrogens is 380 g/mol. The van der Waals surface area contributed by atoms with E-state index >= 15 is 0 Å². The molecule has 0 atom stereocenters. The van der Waals surface area contributed by atoms with Crippen molar-refractivity contribution in [1.82, 2.24) is 0 Å². The number of isothiocyanates is 1. The average Bonchev–Trinajstić information content (AvgIpc) is 3.41. The van der Waals surface area contributed by atoms with Crippen LogP contribution in [-0.4, -0.2) is 5.16 Å². The van der Waals surface area contributed by atoms with Crippen LogP contribution in [0.5, 0.6) is 0 Å². The van der Waals surface area contributed by atoms with E-state index in [-0.39, 0.29) is 11.1 Å². The Morgan fingerprint density at radius 1 is 0.963 bits per heavy atom. The Balaban J connectivity index is 1.61. The van der Waals surface area contributed by atoms with E-state index in [1.165, 1.54) is 23.8 Å². The number of hydrogen-bond donors (Lipinski definition) is 0. The van der Waals surface area contributed by atoms with Crippen molar-refractivity contribution >= 4 is 34.4 Å². The minimum Gasteiger partial charge on any atom is -0.206 e. The molecule has 4 rings (SSSR count). The van der Waals surface area contributed by atoms with Crippen LogP contribution in [0.2, 0.25) is 0 Å². The van der Waals surface area contributed by atoms with Crippen molar-refractivity contribution < 1.29 is 8.78 Å². The van der Waals surface area contributed by atoms with E-state index in [9.17, 15) is 8.78 Å². The number of thiophene rings is 1. The molecular formula is C22H13F2NS2. The third-order valence-corrected chi connectivity index (χ3v) is 5.59. The Morgan fingerprint density at radius 3 is 2.44 bits per heavy atom. The second-order valence-corrected chi connectivity index (χ2v) is 7.59. The minimum atomic E-state index is -0.543. The monoisotopic (exact) mass is 393 g/mol. The maximum Gasteiger partial charge on any atom is 0.139 e. The van der Waals surface area contributed by atoms with Crippen molar-refractivity contribution in [2.75, 3.05) is 0 Å². The molecule has 0 amide bonds. The SMILES string of the molecule is Fc1cc(-c2ccc(N=C=S)cc2)c(F)cc1C#Cc1ccc(C2CC2)s1. The first-order valence-corrected chi connectivity index (χ1v) is 9.65. The van der Waals surface area contributed by atoms with Gasteiger partial charge in [0, 0.05) is 10.4 Å². The molecule has 132 valence electrons. The molecule has 0 saturated heterocycles. The number of benzene rings is 2. The summed E-state index contributed by atoms with van der Waals surface area (Å²) in [5.41, 5.74) is 1.41. The molecule has 2 aromatic carbocycles. The number of hydrogen-bond acceptors (Lipinski definition) is 3. The van der Waals surface area contributed by atoms with Gasteiger partial charge in [-0.25, -0.2) is 8.78 Å². The van der Waals surface area contributed by atoms with Crippen LogP contribution in [0, 0.1) is 23.5 Å². The first kappa shape index (κ1) is 17.8. The van der Waals surface area contributed by atoms with Gasteiger partial charge in [-0.15, -0.1) is 11.3 Å². The summed E-state index contributed by atoms with van der Waals surface area (Å²) in [5.74, 6) is 5.31. The molecule has 5 heteroatoms. The summed E-state index contributed by atoms with van der Waals surface area (Å²) >= 11 is 6.18. The molecule has 1 heterocycles. The summed E-state index contributed by atoms with van der Waals surface area (Å²) in [6.07, 6.45) is 2.46. The van der Waals surface area contributed by atoms with Gasteiger partial charge in [-0.05, 0) is 72.9 Å². The van der Waals surface area contributed by atoms with Crippen molar-refractivity contribution in [3.05, 3.63) is 75.5 Å². The zero-order valence-electron chi connectivity index (χ0n) is 14.1. The van der Waals surface area contributed by atoms with Gasteiger partial charge in [0.15, 0.2) is 0 Å². The molecule has 1 nitrogen and oxygen atoms in total. The molecule has 3 aromatic rings. The lowest BCUT2D eigenvalue weighted by Gasteiger charge is -2.05. The van der Waals surface area contributed by atoms with Gasteiger partial charge >= 0.3 is 0 Å². The lowest BCUT2D eigenvalue weighted by Crippen LogP contribution is -1.91. The van der Waals surface area contributed by atoms with Crippen LogP contribution in [0.15, 0.2) is 53.5 Å². The van der Waals surface area contributed by atoms with E-state index in [0.717, 1.165) is 10.9 Å².